The minimum atomic E-state index is -0.822. The van der Waals surface area contributed by atoms with Crippen LogP contribution in [0.5, 0.6) is 0 Å². The van der Waals surface area contributed by atoms with Crippen molar-refractivity contribution in [1.29, 1.82) is 0 Å². The molecule has 0 bridgehead atoms. The molecule has 0 radical (unpaired) electrons. The number of aryl methyl sites for hydroxylation is 2. The zero-order valence-corrected chi connectivity index (χ0v) is 12.4. The molecule has 100 valence electrons. The molecule has 0 aliphatic heterocycles. The third-order valence-corrected chi connectivity index (χ3v) is 3.55. The molecular weight excluding hydrogens is 308 g/mol. The molecule has 0 fully saturated rings. The predicted molar refractivity (Wildman–Crippen MR) is 76.2 cm³/mol. The summed E-state index contributed by atoms with van der Waals surface area (Å²) in [5.74, 6) is -1.38. The van der Waals surface area contributed by atoms with Gasteiger partial charge in [-0.15, -0.1) is 0 Å². The fourth-order valence-electron chi connectivity index (χ4n) is 2.14. The molecule has 19 heavy (non-hydrogen) atoms. The normalized spacial score (nSPS) is 12.4. The number of aromatic nitrogens is 2. The first kappa shape index (κ1) is 13.8. The first-order chi connectivity index (χ1) is 8.97. The van der Waals surface area contributed by atoms with Gasteiger partial charge in [0.05, 0.1) is 11.6 Å². The van der Waals surface area contributed by atoms with E-state index < -0.39 is 11.9 Å². The van der Waals surface area contributed by atoms with Gasteiger partial charge in [-0.3, -0.25) is 9.48 Å². The molecule has 0 aliphatic rings. The van der Waals surface area contributed by atoms with Crippen LogP contribution in [0.3, 0.4) is 0 Å². The molecule has 0 aliphatic carbocycles. The van der Waals surface area contributed by atoms with E-state index in [2.05, 4.69) is 21.0 Å². The number of carbonyl (C=O) groups is 1. The molecule has 2 aromatic rings. The summed E-state index contributed by atoms with van der Waals surface area (Å²) in [6.07, 6.45) is 0.434. The van der Waals surface area contributed by atoms with E-state index in [1.165, 1.54) is 0 Å². The van der Waals surface area contributed by atoms with Gasteiger partial charge in [0.15, 0.2) is 0 Å². The number of aliphatic carboxylic acids is 1. The van der Waals surface area contributed by atoms with Crippen molar-refractivity contribution in [2.24, 2.45) is 7.05 Å². The Kier molecular flexibility index (Phi) is 4.04. The number of hydrogen-bond acceptors (Lipinski definition) is 2. The van der Waals surface area contributed by atoms with Crippen LogP contribution in [0.1, 0.15) is 22.9 Å². The molecule has 1 atom stereocenters. The summed E-state index contributed by atoms with van der Waals surface area (Å²) >= 11 is 3.37. The standard InChI is InChI=1S/C14H15BrN2O2/c1-9-6-12(17(2)16-9)8-13(14(18)19)10-4-3-5-11(15)7-10/h3-7,13H,8H2,1-2H3,(H,18,19). The third kappa shape index (κ3) is 3.23. The van der Waals surface area contributed by atoms with E-state index in [4.69, 9.17) is 0 Å². The Morgan fingerprint density at radius 3 is 2.74 bits per heavy atom. The number of benzene rings is 1. The van der Waals surface area contributed by atoms with E-state index in [0.717, 1.165) is 21.4 Å². The van der Waals surface area contributed by atoms with Gasteiger partial charge in [-0.25, -0.2) is 0 Å². The fourth-order valence-corrected chi connectivity index (χ4v) is 2.55. The minimum Gasteiger partial charge on any atom is -0.481 e. The Hall–Kier alpha value is -1.62. The van der Waals surface area contributed by atoms with Crippen LogP contribution < -0.4 is 0 Å². The molecule has 1 aromatic heterocycles. The zero-order chi connectivity index (χ0) is 14.0. The van der Waals surface area contributed by atoms with E-state index in [0.29, 0.717) is 6.42 Å². The van der Waals surface area contributed by atoms with E-state index >= 15 is 0 Å². The summed E-state index contributed by atoms with van der Waals surface area (Å²) in [7, 11) is 1.84. The highest BCUT2D eigenvalue weighted by molar-refractivity contribution is 9.10. The number of carboxylic acids is 1. The average Bonchev–Trinajstić information content (AvgIpc) is 2.64. The second-order valence-electron chi connectivity index (χ2n) is 4.55. The molecule has 0 saturated heterocycles. The lowest BCUT2D eigenvalue weighted by Crippen LogP contribution is -2.16. The van der Waals surface area contributed by atoms with Crippen molar-refractivity contribution in [2.75, 3.05) is 0 Å². The van der Waals surface area contributed by atoms with Gasteiger partial charge in [-0.2, -0.15) is 5.10 Å². The topological polar surface area (TPSA) is 55.1 Å². The Bertz CT molecular complexity index is 607. The molecule has 0 spiro atoms. The van der Waals surface area contributed by atoms with Crippen molar-refractivity contribution >= 4 is 21.9 Å². The predicted octanol–water partition coefficient (Wildman–Crippen LogP) is 2.90. The second kappa shape index (κ2) is 5.57. The lowest BCUT2D eigenvalue weighted by atomic mass is 9.94. The summed E-state index contributed by atoms with van der Waals surface area (Å²) in [6.45, 7) is 1.90. The van der Waals surface area contributed by atoms with Crippen LogP contribution >= 0.6 is 15.9 Å². The van der Waals surface area contributed by atoms with Crippen LogP contribution in [0, 0.1) is 6.92 Å². The summed E-state index contributed by atoms with van der Waals surface area (Å²) in [6, 6.07) is 9.35. The highest BCUT2D eigenvalue weighted by atomic mass is 79.9. The van der Waals surface area contributed by atoms with E-state index in [1.807, 2.05) is 44.3 Å². The van der Waals surface area contributed by atoms with Gasteiger partial charge in [0.25, 0.3) is 0 Å². The van der Waals surface area contributed by atoms with Crippen LogP contribution in [-0.2, 0) is 18.3 Å². The van der Waals surface area contributed by atoms with Gasteiger partial charge in [0, 0.05) is 23.6 Å². The van der Waals surface area contributed by atoms with Crippen LogP contribution in [0.2, 0.25) is 0 Å². The number of nitrogens with zero attached hydrogens (tertiary/aromatic N) is 2. The first-order valence-corrected chi connectivity index (χ1v) is 6.74. The van der Waals surface area contributed by atoms with Crippen LogP contribution in [0.4, 0.5) is 0 Å². The second-order valence-corrected chi connectivity index (χ2v) is 5.47. The van der Waals surface area contributed by atoms with Gasteiger partial charge in [0.1, 0.15) is 0 Å². The SMILES string of the molecule is Cc1cc(CC(C(=O)O)c2cccc(Br)c2)n(C)n1. The van der Waals surface area contributed by atoms with Crippen LogP contribution in [0.15, 0.2) is 34.8 Å². The van der Waals surface area contributed by atoms with Crippen molar-refractivity contribution < 1.29 is 9.90 Å². The lowest BCUT2D eigenvalue weighted by Gasteiger charge is -2.13. The van der Waals surface area contributed by atoms with Crippen LogP contribution in [0.25, 0.3) is 0 Å². The maximum absolute atomic E-state index is 11.5. The number of halogens is 1. The van der Waals surface area contributed by atoms with E-state index in [-0.39, 0.29) is 0 Å². The number of carboxylic acid groups (broad SMARTS) is 1. The average molecular weight is 323 g/mol. The van der Waals surface area contributed by atoms with Crippen LogP contribution in [-0.4, -0.2) is 20.9 Å². The summed E-state index contributed by atoms with van der Waals surface area (Å²) < 4.78 is 2.63. The van der Waals surface area contributed by atoms with Gasteiger partial charge >= 0.3 is 5.97 Å². The maximum Gasteiger partial charge on any atom is 0.311 e. The van der Waals surface area contributed by atoms with Crippen molar-refractivity contribution in [1.82, 2.24) is 9.78 Å². The summed E-state index contributed by atoms with van der Waals surface area (Å²) in [5, 5.41) is 13.7. The Labute approximate surface area is 120 Å². The molecule has 0 saturated carbocycles. The zero-order valence-electron chi connectivity index (χ0n) is 10.8. The Morgan fingerprint density at radius 2 is 2.21 bits per heavy atom. The molecule has 1 unspecified atom stereocenters. The Morgan fingerprint density at radius 1 is 1.47 bits per heavy atom. The van der Waals surface area contributed by atoms with Gasteiger partial charge in [0.2, 0.25) is 0 Å². The quantitative estimate of drug-likeness (QED) is 0.941. The number of rotatable bonds is 4. The van der Waals surface area contributed by atoms with Crippen molar-refractivity contribution in [3.63, 3.8) is 0 Å². The van der Waals surface area contributed by atoms with E-state index in [9.17, 15) is 9.90 Å². The van der Waals surface area contributed by atoms with Gasteiger partial charge in [-0.1, -0.05) is 28.1 Å². The third-order valence-electron chi connectivity index (χ3n) is 3.06. The molecule has 1 aromatic carbocycles. The molecule has 1 N–H and O–H groups in total. The summed E-state index contributed by atoms with van der Waals surface area (Å²) in [4.78, 5) is 11.5. The largest absolute Gasteiger partial charge is 0.481 e. The molecular formula is C14H15BrN2O2. The highest BCUT2D eigenvalue weighted by Crippen LogP contribution is 2.24. The Balaban J connectivity index is 2.31. The molecule has 5 heteroatoms. The van der Waals surface area contributed by atoms with Crippen molar-refractivity contribution in [2.45, 2.75) is 19.3 Å². The highest BCUT2D eigenvalue weighted by Gasteiger charge is 2.22. The molecule has 0 amide bonds. The first-order valence-electron chi connectivity index (χ1n) is 5.95. The minimum absolute atomic E-state index is 0.434. The monoisotopic (exact) mass is 322 g/mol. The van der Waals surface area contributed by atoms with Gasteiger partial charge in [-0.05, 0) is 30.7 Å². The number of hydrogen-bond donors (Lipinski definition) is 1. The molecule has 2 rings (SSSR count). The smallest absolute Gasteiger partial charge is 0.311 e. The molecule has 4 nitrogen and oxygen atoms in total. The molecule has 1 heterocycles. The fraction of sp³-hybridized carbons (Fsp3) is 0.286. The van der Waals surface area contributed by atoms with Crippen molar-refractivity contribution in [3.8, 4) is 0 Å². The van der Waals surface area contributed by atoms with Gasteiger partial charge < -0.3 is 5.11 Å². The maximum atomic E-state index is 11.5. The lowest BCUT2D eigenvalue weighted by molar-refractivity contribution is -0.138. The van der Waals surface area contributed by atoms with E-state index in [1.54, 1.807) is 4.68 Å². The van der Waals surface area contributed by atoms with Crippen molar-refractivity contribution in [3.05, 3.63) is 51.8 Å². The summed E-state index contributed by atoms with van der Waals surface area (Å²) in [5.41, 5.74) is 2.61.